The Morgan fingerprint density at radius 2 is 2.00 bits per heavy atom. The van der Waals surface area contributed by atoms with E-state index in [1.807, 2.05) is 0 Å². The number of unbranched alkanes of at least 4 members (excludes halogenated alkanes) is 1. The first-order valence-corrected chi connectivity index (χ1v) is 6.33. The van der Waals surface area contributed by atoms with Gasteiger partial charge in [0.1, 0.15) is 0 Å². The largest absolute Gasteiger partial charge is 0.392 e. The lowest BCUT2D eigenvalue weighted by atomic mass is 10.3. The third-order valence-electron chi connectivity index (χ3n) is 1.85. The number of rotatable bonds is 7. The second-order valence-corrected chi connectivity index (χ2v) is 5.64. The van der Waals surface area contributed by atoms with Gasteiger partial charge in [0.25, 0.3) is 0 Å². The zero-order chi connectivity index (χ0) is 11.2. The summed E-state index contributed by atoms with van der Waals surface area (Å²) in [5.41, 5.74) is 5.27. The van der Waals surface area contributed by atoms with Gasteiger partial charge >= 0.3 is 0 Å². The standard InChI is InChI=1S/C8H20N2O3S/c1-8(11)7-10(2)14(12,13)6-4-3-5-9/h8,11H,3-7,9H2,1-2H3. The predicted octanol–water partition coefficient (Wildman–Crippen LogP) is -0.632. The Bertz CT molecular complexity index is 239. The molecule has 5 nitrogen and oxygen atoms in total. The Kier molecular flexibility index (Phi) is 6.26. The van der Waals surface area contributed by atoms with Crippen molar-refractivity contribution in [1.82, 2.24) is 4.31 Å². The van der Waals surface area contributed by atoms with Crippen molar-refractivity contribution in [3.8, 4) is 0 Å². The summed E-state index contributed by atoms with van der Waals surface area (Å²) in [5.74, 6) is 0.105. The van der Waals surface area contributed by atoms with Crippen LogP contribution in [0.15, 0.2) is 0 Å². The van der Waals surface area contributed by atoms with E-state index >= 15 is 0 Å². The van der Waals surface area contributed by atoms with Gasteiger partial charge in [0.15, 0.2) is 0 Å². The van der Waals surface area contributed by atoms with Gasteiger partial charge < -0.3 is 10.8 Å². The maximum atomic E-state index is 11.5. The monoisotopic (exact) mass is 224 g/mol. The number of hydrogen-bond donors (Lipinski definition) is 2. The van der Waals surface area contributed by atoms with E-state index in [-0.39, 0.29) is 12.3 Å². The molecule has 6 heteroatoms. The van der Waals surface area contributed by atoms with E-state index < -0.39 is 16.1 Å². The molecule has 0 aromatic rings. The molecule has 1 unspecified atom stereocenters. The lowest BCUT2D eigenvalue weighted by Crippen LogP contribution is -2.34. The second kappa shape index (κ2) is 6.34. The summed E-state index contributed by atoms with van der Waals surface area (Å²) in [5, 5.41) is 9.03. The summed E-state index contributed by atoms with van der Waals surface area (Å²) in [7, 11) is -1.73. The van der Waals surface area contributed by atoms with Gasteiger partial charge in [-0.2, -0.15) is 0 Å². The first-order valence-electron chi connectivity index (χ1n) is 4.72. The maximum Gasteiger partial charge on any atom is 0.213 e. The molecule has 0 bridgehead atoms. The number of aliphatic hydroxyl groups excluding tert-OH is 1. The average Bonchev–Trinajstić information content (AvgIpc) is 2.03. The van der Waals surface area contributed by atoms with Crippen LogP contribution in [0.3, 0.4) is 0 Å². The van der Waals surface area contributed by atoms with Crippen LogP contribution in [-0.4, -0.2) is 49.8 Å². The Morgan fingerprint density at radius 1 is 1.43 bits per heavy atom. The molecule has 14 heavy (non-hydrogen) atoms. The van der Waals surface area contributed by atoms with Crippen molar-refractivity contribution in [1.29, 1.82) is 0 Å². The van der Waals surface area contributed by atoms with Gasteiger partial charge in [-0.3, -0.25) is 0 Å². The molecule has 0 rings (SSSR count). The second-order valence-electron chi connectivity index (χ2n) is 3.44. The van der Waals surface area contributed by atoms with Crippen LogP contribution < -0.4 is 5.73 Å². The number of aliphatic hydroxyl groups is 1. The molecule has 0 amide bonds. The normalized spacial score (nSPS) is 14.6. The number of hydrogen-bond acceptors (Lipinski definition) is 4. The van der Waals surface area contributed by atoms with Gasteiger partial charge in [-0.15, -0.1) is 0 Å². The van der Waals surface area contributed by atoms with Gasteiger partial charge in [-0.05, 0) is 26.3 Å². The van der Waals surface area contributed by atoms with Crippen LogP contribution in [0.5, 0.6) is 0 Å². The molecule has 0 spiro atoms. The van der Waals surface area contributed by atoms with Crippen molar-refractivity contribution in [3.63, 3.8) is 0 Å². The van der Waals surface area contributed by atoms with E-state index in [0.717, 1.165) is 0 Å². The van der Waals surface area contributed by atoms with Crippen LogP contribution >= 0.6 is 0 Å². The van der Waals surface area contributed by atoms with E-state index in [9.17, 15) is 8.42 Å². The first-order chi connectivity index (χ1) is 6.40. The molecule has 0 aliphatic heterocycles. The smallest absolute Gasteiger partial charge is 0.213 e. The van der Waals surface area contributed by atoms with Gasteiger partial charge in [-0.25, -0.2) is 12.7 Å². The highest BCUT2D eigenvalue weighted by molar-refractivity contribution is 7.89. The molecule has 0 aliphatic rings. The molecule has 0 saturated carbocycles. The van der Waals surface area contributed by atoms with E-state index in [1.54, 1.807) is 6.92 Å². The lowest BCUT2D eigenvalue weighted by molar-refractivity contribution is 0.171. The van der Waals surface area contributed by atoms with E-state index in [1.165, 1.54) is 11.4 Å². The number of nitrogens with zero attached hydrogens (tertiary/aromatic N) is 1. The highest BCUT2D eigenvalue weighted by atomic mass is 32.2. The van der Waals surface area contributed by atoms with Crippen LogP contribution in [0.2, 0.25) is 0 Å². The van der Waals surface area contributed by atoms with Crippen molar-refractivity contribution >= 4 is 10.0 Å². The Morgan fingerprint density at radius 3 is 2.43 bits per heavy atom. The van der Waals surface area contributed by atoms with Gasteiger partial charge in [0.05, 0.1) is 11.9 Å². The molecule has 0 heterocycles. The summed E-state index contributed by atoms with van der Waals surface area (Å²) in [6, 6.07) is 0. The highest BCUT2D eigenvalue weighted by Crippen LogP contribution is 2.02. The third-order valence-corrected chi connectivity index (χ3v) is 3.76. The molecule has 1 atom stereocenters. The van der Waals surface area contributed by atoms with Crippen LogP contribution in [0, 0.1) is 0 Å². The van der Waals surface area contributed by atoms with Crippen molar-refractivity contribution in [2.45, 2.75) is 25.9 Å². The minimum absolute atomic E-state index is 0.105. The fourth-order valence-electron chi connectivity index (χ4n) is 1.07. The van der Waals surface area contributed by atoms with E-state index in [0.29, 0.717) is 19.4 Å². The number of likely N-dealkylation sites (N-methyl/N-ethyl adjacent to an activating group) is 1. The van der Waals surface area contributed by atoms with Crippen molar-refractivity contribution in [3.05, 3.63) is 0 Å². The zero-order valence-electron chi connectivity index (χ0n) is 8.81. The van der Waals surface area contributed by atoms with Gasteiger partial charge in [0, 0.05) is 13.6 Å². The van der Waals surface area contributed by atoms with Crippen molar-refractivity contribution < 1.29 is 13.5 Å². The van der Waals surface area contributed by atoms with Crippen molar-refractivity contribution in [2.75, 3.05) is 25.9 Å². The minimum Gasteiger partial charge on any atom is -0.392 e. The molecular weight excluding hydrogens is 204 g/mol. The van der Waals surface area contributed by atoms with Crippen LogP contribution in [0.1, 0.15) is 19.8 Å². The highest BCUT2D eigenvalue weighted by Gasteiger charge is 2.18. The van der Waals surface area contributed by atoms with Crippen LogP contribution in [0.25, 0.3) is 0 Å². The molecule has 0 aromatic heterocycles. The zero-order valence-corrected chi connectivity index (χ0v) is 9.63. The Balaban J connectivity index is 4.04. The van der Waals surface area contributed by atoms with E-state index in [4.69, 9.17) is 10.8 Å². The Hall–Kier alpha value is -0.170. The van der Waals surface area contributed by atoms with Gasteiger partial charge in [0.2, 0.25) is 10.0 Å². The summed E-state index contributed by atoms with van der Waals surface area (Å²) in [6.45, 7) is 2.21. The summed E-state index contributed by atoms with van der Waals surface area (Å²) >= 11 is 0. The fraction of sp³-hybridized carbons (Fsp3) is 1.00. The first kappa shape index (κ1) is 13.8. The average molecular weight is 224 g/mol. The molecule has 86 valence electrons. The molecule has 0 saturated heterocycles. The van der Waals surface area contributed by atoms with Crippen LogP contribution in [0.4, 0.5) is 0 Å². The lowest BCUT2D eigenvalue weighted by Gasteiger charge is -2.18. The number of sulfonamides is 1. The summed E-state index contributed by atoms with van der Waals surface area (Å²) < 4.78 is 24.2. The number of nitrogens with two attached hydrogens (primary N) is 1. The molecule has 0 aromatic carbocycles. The Labute approximate surface area is 85.9 Å². The van der Waals surface area contributed by atoms with Crippen LogP contribution in [-0.2, 0) is 10.0 Å². The molecule has 0 fully saturated rings. The van der Waals surface area contributed by atoms with Crippen molar-refractivity contribution in [2.24, 2.45) is 5.73 Å². The third kappa shape index (κ3) is 5.54. The fourth-order valence-corrected chi connectivity index (χ4v) is 2.39. The summed E-state index contributed by atoms with van der Waals surface area (Å²) in [6.07, 6.45) is 0.648. The topological polar surface area (TPSA) is 83.6 Å². The quantitative estimate of drug-likeness (QED) is 0.564. The van der Waals surface area contributed by atoms with Gasteiger partial charge in [-0.1, -0.05) is 0 Å². The molecule has 3 N–H and O–H groups in total. The molecular formula is C8H20N2O3S. The SMILES string of the molecule is CC(O)CN(C)S(=O)(=O)CCCCN. The molecule has 0 radical (unpaired) electrons. The summed E-state index contributed by atoms with van der Waals surface area (Å²) in [4.78, 5) is 0. The molecule has 0 aliphatic carbocycles. The minimum atomic E-state index is -3.21. The predicted molar refractivity (Wildman–Crippen MR) is 56.4 cm³/mol. The van der Waals surface area contributed by atoms with E-state index in [2.05, 4.69) is 0 Å². The maximum absolute atomic E-state index is 11.5.